The van der Waals surface area contributed by atoms with Crippen LogP contribution in [0.25, 0.3) is 0 Å². The van der Waals surface area contributed by atoms with E-state index in [1.165, 1.54) is 11.3 Å². The molecule has 1 atom stereocenters. The molecule has 0 saturated carbocycles. The molecule has 2 rings (SSSR count). The molecule has 0 spiro atoms. The van der Waals surface area contributed by atoms with Gasteiger partial charge in [0.2, 0.25) is 5.13 Å². The summed E-state index contributed by atoms with van der Waals surface area (Å²) in [5.74, 6) is 1.55. The van der Waals surface area contributed by atoms with Gasteiger partial charge in [-0.25, -0.2) is 0 Å². The van der Waals surface area contributed by atoms with Crippen LogP contribution in [0.4, 0.5) is 5.13 Å². The van der Waals surface area contributed by atoms with Gasteiger partial charge < -0.3 is 4.74 Å². The fourth-order valence-electron chi connectivity index (χ4n) is 2.02. The third-order valence-corrected chi connectivity index (χ3v) is 5.73. The molecule has 1 aromatic carbocycles. The number of anilines is 1. The number of amides is 1. The molecule has 2 aromatic rings. The van der Waals surface area contributed by atoms with E-state index >= 15 is 0 Å². The molecule has 24 heavy (non-hydrogen) atoms. The van der Waals surface area contributed by atoms with Gasteiger partial charge in [0.05, 0.1) is 0 Å². The number of thioether (sulfide) groups is 1. The molecule has 1 aromatic heterocycles. The Hall–Kier alpha value is -1.60. The van der Waals surface area contributed by atoms with Crippen LogP contribution in [0.15, 0.2) is 22.5 Å². The summed E-state index contributed by atoms with van der Waals surface area (Å²) in [6, 6.07) is 5.85. The second kappa shape index (κ2) is 9.03. The number of nitrogens with zero attached hydrogens (tertiary/aromatic N) is 2. The minimum atomic E-state index is -0.554. The number of aryl methyl sites for hydroxylation is 1. The Bertz CT molecular complexity index is 688. The maximum Gasteiger partial charge on any atom is 0.267 e. The third-order valence-electron chi connectivity index (χ3n) is 3.55. The first kappa shape index (κ1) is 18.7. The molecule has 0 fully saturated rings. The van der Waals surface area contributed by atoms with Crippen LogP contribution in [0.1, 0.15) is 37.8 Å². The van der Waals surface area contributed by atoms with E-state index in [0.29, 0.717) is 11.6 Å². The number of benzene rings is 1. The van der Waals surface area contributed by atoms with E-state index in [9.17, 15) is 4.79 Å². The van der Waals surface area contributed by atoms with Crippen LogP contribution in [-0.2, 0) is 4.79 Å². The normalized spacial score (nSPS) is 12.0. The molecule has 0 bridgehead atoms. The molecule has 1 N–H and O–H groups in total. The Morgan fingerprint density at radius 2 is 2.12 bits per heavy atom. The van der Waals surface area contributed by atoms with E-state index < -0.39 is 6.10 Å². The highest BCUT2D eigenvalue weighted by Gasteiger charge is 2.21. The predicted molar refractivity (Wildman–Crippen MR) is 100 cm³/mol. The lowest BCUT2D eigenvalue weighted by Gasteiger charge is -2.18. The Morgan fingerprint density at radius 3 is 2.83 bits per heavy atom. The lowest BCUT2D eigenvalue weighted by molar-refractivity contribution is -0.122. The van der Waals surface area contributed by atoms with Crippen LogP contribution in [0.2, 0.25) is 0 Å². The summed E-state index contributed by atoms with van der Waals surface area (Å²) in [6.07, 6.45) is 1.10. The van der Waals surface area contributed by atoms with Gasteiger partial charge in [-0.3, -0.25) is 10.1 Å². The van der Waals surface area contributed by atoms with Crippen molar-refractivity contribution in [2.75, 3.05) is 11.1 Å². The molecule has 0 radical (unpaired) electrons. The number of rotatable bonds is 8. The Balaban J connectivity index is 2.01. The first-order valence-corrected chi connectivity index (χ1v) is 9.85. The largest absolute Gasteiger partial charge is 0.480 e. The number of hydrogen-bond donors (Lipinski definition) is 1. The Morgan fingerprint density at radius 1 is 1.33 bits per heavy atom. The summed E-state index contributed by atoms with van der Waals surface area (Å²) in [7, 11) is 0. The van der Waals surface area contributed by atoms with Gasteiger partial charge in [0.15, 0.2) is 10.4 Å². The number of aromatic nitrogens is 2. The quantitative estimate of drug-likeness (QED) is 0.553. The number of carbonyl (C=O) groups is 1. The van der Waals surface area contributed by atoms with Crippen molar-refractivity contribution in [3.63, 3.8) is 0 Å². The van der Waals surface area contributed by atoms with Crippen LogP contribution in [0.5, 0.6) is 5.75 Å². The molecule has 0 aliphatic rings. The first-order valence-electron chi connectivity index (χ1n) is 8.05. The third kappa shape index (κ3) is 4.95. The van der Waals surface area contributed by atoms with Gasteiger partial charge in [-0.1, -0.05) is 49.1 Å². The van der Waals surface area contributed by atoms with Crippen molar-refractivity contribution in [1.82, 2.24) is 10.2 Å². The predicted octanol–water partition coefficient (Wildman–Crippen LogP) is 4.45. The highest BCUT2D eigenvalue weighted by Crippen LogP contribution is 2.27. The minimum absolute atomic E-state index is 0.193. The van der Waals surface area contributed by atoms with Gasteiger partial charge in [-0.05, 0) is 43.9 Å². The molecule has 0 unspecified atom stereocenters. The van der Waals surface area contributed by atoms with E-state index in [1.54, 1.807) is 11.8 Å². The van der Waals surface area contributed by atoms with Gasteiger partial charge in [0.1, 0.15) is 5.75 Å². The number of carbonyl (C=O) groups excluding carboxylic acids is 1. The van der Waals surface area contributed by atoms with E-state index in [0.717, 1.165) is 33.4 Å². The molecule has 0 saturated heterocycles. The van der Waals surface area contributed by atoms with Gasteiger partial charge in [0.25, 0.3) is 5.91 Å². The maximum absolute atomic E-state index is 12.5. The summed E-state index contributed by atoms with van der Waals surface area (Å²) >= 11 is 3.05. The van der Waals surface area contributed by atoms with Crippen LogP contribution in [-0.4, -0.2) is 28.0 Å². The van der Waals surface area contributed by atoms with E-state index in [-0.39, 0.29) is 5.91 Å². The second-order valence-corrected chi connectivity index (χ2v) is 7.74. The van der Waals surface area contributed by atoms with E-state index in [4.69, 9.17) is 4.74 Å². The lowest BCUT2D eigenvalue weighted by Crippen LogP contribution is -2.32. The maximum atomic E-state index is 12.5. The van der Waals surface area contributed by atoms with Crippen molar-refractivity contribution in [2.24, 2.45) is 0 Å². The molecule has 0 aliphatic carbocycles. The van der Waals surface area contributed by atoms with E-state index in [1.807, 2.05) is 39.0 Å². The molecule has 1 heterocycles. The topological polar surface area (TPSA) is 64.1 Å². The molecule has 130 valence electrons. The SMILES string of the molecule is CCCSc1nnc(NC(=O)[C@H](CC)Oc2cccc(C)c2C)s1. The molecule has 5 nitrogen and oxygen atoms in total. The Labute approximate surface area is 151 Å². The van der Waals surface area contributed by atoms with Gasteiger partial charge in [-0.2, -0.15) is 0 Å². The second-order valence-electron chi connectivity index (χ2n) is 5.42. The van der Waals surface area contributed by atoms with Gasteiger partial charge in [0, 0.05) is 5.75 Å². The Kier molecular flexibility index (Phi) is 7.05. The zero-order chi connectivity index (χ0) is 17.5. The highest BCUT2D eigenvalue weighted by molar-refractivity contribution is 8.01. The van der Waals surface area contributed by atoms with Crippen LogP contribution in [0, 0.1) is 13.8 Å². The molecule has 0 aliphatic heterocycles. The first-order chi connectivity index (χ1) is 11.5. The molecule has 7 heteroatoms. The average molecular weight is 366 g/mol. The molecular formula is C17H23N3O2S2. The summed E-state index contributed by atoms with van der Waals surface area (Å²) in [5, 5.41) is 11.4. The standard InChI is InChI=1S/C17H23N3O2S2/c1-5-10-23-17-20-19-16(24-17)18-15(21)13(6-2)22-14-9-7-8-11(3)12(14)4/h7-9,13H,5-6,10H2,1-4H3,(H,18,19,21)/t13-/m0/s1. The summed E-state index contributed by atoms with van der Waals surface area (Å²) in [6.45, 7) is 8.07. The van der Waals surface area contributed by atoms with Crippen molar-refractivity contribution in [1.29, 1.82) is 0 Å². The number of hydrogen-bond acceptors (Lipinski definition) is 6. The molecular weight excluding hydrogens is 342 g/mol. The van der Waals surface area contributed by atoms with Gasteiger partial charge in [-0.15, -0.1) is 10.2 Å². The zero-order valence-electron chi connectivity index (χ0n) is 14.5. The number of nitrogens with one attached hydrogen (secondary N) is 1. The fraction of sp³-hybridized carbons (Fsp3) is 0.471. The van der Waals surface area contributed by atoms with Crippen molar-refractivity contribution >= 4 is 34.1 Å². The smallest absolute Gasteiger partial charge is 0.267 e. The number of ether oxygens (including phenoxy) is 1. The fourth-order valence-corrected chi connectivity index (χ4v) is 3.70. The lowest BCUT2D eigenvalue weighted by atomic mass is 10.1. The summed E-state index contributed by atoms with van der Waals surface area (Å²) < 4.78 is 6.79. The van der Waals surface area contributed by atoms with Crippen molar-refractivity contribution in [2.45, 2.75) is 51.0 Å². The minimum Gasteiger partial charge on any atom is -0.480 e. The van der Waals surface area contributed by atoms with E-state index in [2.05, 4.69) is 22.4 Å². The average Bonchev–Trinajstić information content (AvgIpc) is 3.01. The summed E-state index contributed by atoms with van der Waals surface area (Å²) in [5.41, 5.74) is 2.20. The molecule has 1 amide bonds. The highest BCUT2D eigenvalue weighted by atomic mass is 32.2. The zero-order valence-corrected chi connectivity index (χ0v) is 16.1. The monoisotopic (exact) mass is 365 g/mol. The van der Waals surface area contributed by atoms with Crippen molar-refractivity contribution in [3.8, 4) is 5.75 Å². The van der Waals surface area contributed by atoms with Crippen LogP contribution >= 0.6 is 23.1 Å². The van der Waals surface area contributed by atoms with Crippen LogP contribution in [0.3, 0.4) is 0 Å². The summed E-state index contributed by atoms with van der Waals surface area (Å²) in [4.78, 5) is 12.5. The van der Waals surface area contributed by atoms with Crippen molar-refractivity contribution < 1.29 is 9.53 Å². The van der Waals surface area contributed by atoms with Crippen molar-refractivity contribution in [3.05, 3.63) is 29.3 Å². The van der Waals surface area contributed by atoms with Gasteiger partial charge >= 0.3 is 0 Å². The van der Waals surface area contributed by atoms with Crippen LogP contribution < -0.4 is 10.1 Å².